The molecule has 0 radical (unpaired) electrons. The third-order valence-corrected chi connectivity index (χ3v) is 3.90. The fraction of sp³-hybridized carbons (Fsp3) is 0.0714. The van der Waals surface area contributed by atoms with Crippen molar-refractivity contribution in [3.8, 4) is 0 Å². The van der Waals surface area contributed by atoms with Crippen LogP contribution >= 0.6 is 11.8 Å². The molecule has 3 rings (SSSR count). The summed E-state index contributed by atoms with van der Waals surface area (Å²) in [6.07, 6.45) is 0. The molecule has 2 aromatic carbocycles. The topological polar surface area (TPSA) is 29.1 Å². The summed E-state index contributed by atoms with van der Waals surface area (Å²) in [5, 5.41) is 3.37. The van der Waals surface area contributed by atoms with E-state index in [0.29, 0.717) is 0 Å². The van der Waals surface area contributed by atoms with Gasteiger partial charge in [-0.15, -0.1) is 0 Å². The Labute approximate surface area is 104 Å². The van der Waals surface area contributed by atoms with Gasteiger partial charge in [-0.3, -0.25) is 4.79 Å². The fourth-order valence-electron chi connectivity index (χ4n) is 1.85. The van der Waals surface area contributed by atoms with Gasteiger partial charge in [-0.25, -0.2) is 0 Å². The minimum atomic E-state index is 0.104. The van der Waals surface area contributed by atoms with E-state index in [2.05, 4.69) is 17.4 Å². The highest BCUT2D eigenvalue weighted by atomic mass is 32.2. The largest absolute Gasteiger partial charge is 0.354 e. The molecule has 0 amide bonds. The number of para-hydroxylation sites is 1. The standard InChI is InChI=1S/C14H11NOS/c1-9(16)10-6-7-12-14(8-10)17-13-5-3-2-4-11(13)15-12/h2-8,15H,1H3. The Morgan fingerprint density at radius 2 is 1.82 bits per heavy atom. The van der Waals surface area contributed by atoms with Crippen molar-refractivity contribution in [3.63, 3.8) is 0 Å². The van der Waals surface area contributed by atoms with Crippen LogP contribution in [-0.2, 0) is 0 Å². The summed E-state index contributed by atoms with van der Waals surface area (Å²) in [7, 11) is 0. The minimum absolute atomic E-state index is 0.104. The number of fused-ring (bicyclic) bond motifs is 2. The van der Waals surface area contributed by atoms with Gasteiger partial charge in [0.05, 0.1) is 11.4 Å². The van der Waals surface area contributed by atoms with E-state index in [9.17, 15) is 4.79 Å². The van der Waals surface area contributed by atoms with Crippen LogP contribution in [-0.4, -0.2) is 5.78 Å². The molecule has 2 nitrogen and oxygen atoms in total. The third-order valence-electron chi connectivity index (χ3n) is 2.76. The Morgan fingerprint density at radius 3 is 2.65 bits per heavy atom. The van der Waals surface area contributed by atoms with E-state index in [1.165, 1.54) is 4.90 Å². The summed E-state index contributed by atoms with van der Waals surface area (Å²) in [5.41, 5.74) is 2.96. The first kappa shape index (κ1) is 10.4. The molecule has 17 heavy (non-hydrogen) atoms. The maximum absolute atomic E-state index is 11.3. The molecule has 0 aromatic heterocycles. The number of hydrogen-bond donors (Lipinski definition) is 1. The predicted molar refractivity (Wildman–Crippen MR) is 70.3 cm³/mol. The van der Waals surface area contributed by atoms with Gasteiger partial charge in [-0.05, 0) is 37.3 Å². The number of ketones is 1. The molecule has 3 heteroatoms. The molecular formula is C14H11NOS. The van der Waals surface area contributed by atoms with E-state index in [-0.39, 0.29) is 5.78 Å². The van der Waals surface area contributed by atoms with Crippen LogP contribution in [0.3, 0.4) is 0 Å². The first-order chi connectivity index (χ1) is 8.24. The van der Waals surface area contributed by atoms with Gasteiger partial charge in [0, 0.05) is 15.4 Å². The Morgan fingerprint density at radius 1 is 1.06 bits per heavy atom. The number of nitrogens with one attached hydrogen (secondary N) is 1. The maximum atomic E-state index is 11.3. The molecule has 1 heterocycles. The van der Waals surface area contributed by atoms with E-state index >= 15 is 0 Å². The highest BCUT2D eigenvalue weighted by Crippen LogP contribution is 2.44. The van der Waals surface area contributed by atoms with Gasteiger partial charge in [0.2, 0.25) is 0 Å². The lowest BCUT2D eigenvalue weighted by Gasteiger charge is -2.20. The van der Waals surface area contributed by atoms with E-state index in [4.69, 9.17) is 0 Å². The number of benzene rings is 2. The van der Waals surface area contributed by atoms with Crippen LogP contribution in [0, 0.1) is 0 Å². The first-order valence-electron chi connectivity index (χ1n) is 5.43. The third kappa shape index (κ3) is 1.83. The van der Waals surface area contributed by atoms with Crippen LogP contribution in [0.25, 0.3) is 0 Å². The zero-order valence-corrected chi connectivity index (χ0v) is 10.2. The lowest BCUT2D eigenvalue weighted by Crippen LogP contribution is -2.01. The molecule has 84 valence electrons. The summed E-state index contributed by atoms with van der Waals surface area (Å²) < 4.78 is 0. The predicted octanol–water partition coefficient (Wildman–Crippen LogP) is 4.10. The molecular weight excluding hydrogens is 230 g/mol. The van der Waals surface area contributed by atoms with E-state index < -0.39 is 0 Å². The normalized spacial score (nSPS) is 12.3. The van der Waals surface area contributed by atoms with Crippen LogP contribution < -0.4 is 5.32 Å². The summed E-state index contributed by atoms with van der Waals surface area (Å²) in [6.45, 7) is 1.59. The summed E-state index contributed by atoms with van der Waals surface area (Å²) in [5.74, 6) is 0.104. The van der Waals surface area contributed by atoms with Gasteiger partial charge in [-0.2, -0.15) is 0 Å². The average molecular weight is 241 g/mol. The highest BCUT2D eigenvalue weighted by Gasteiger charge is 2.15. The van der Waals surface area contributed by atoms with E-state index in [1.54, 1.807) is 18.7 Å². The Hall–Kier alpha value is -1.74. The quantitative estimate of drug-likeness (QED) is 0.650. The van der Waals surface area contributed by atoms with Crippen molar-refractivity contribution in [2.45, 2.75) is 16.7 Å². The molecule has 0 atom stereocenters. The number of Topliss-reactive ketones (excluding diaryl/α,β-unsaturated/α-hetero) is 1. The van der Waals surface area contributed by atoms with Crippen molar-refractivity contribution >= 4 is 28.9 Å². The Kier molecular flexibility index (Phi) is 2.41. The molecule has 0 saturated heterocycles. The van der Waals surface area contributed by atoms with Gasteiger partial charge >= 0.3 is 0 Å². The molecule has 0 saturated carbocycles. The second kappa shape index (κ2) is 3.93. The van der Waals surface area contributed by atoms with E-state index in [1.807, 2.05) is 30.3 Å². The van der Waals surface area contributed by atoms with E-state index in [0.717, 1.165) is 21.8 Å². The van der Waals surface area contributed by atoms with Gasteiger partial charge in [0.25, 0.3) is 0 Å². The molecule has 2 aromatic rings. The highest BCUT2D eigenvalue weighted by molar-refractivity contribution is 7.99. The number of carbonyl (C=O) groups excluding carboxylic acids is 1. The summed E-state index contributed by atoms with van der Waals surface area (Å²) >= 11 is 1.70. The lowest BCUT2D eigenvalue weighted by molar-refractivity contribution is 0.101. The van der Waals surface area contributed by atoms with Crippen LogP contribution in [0.2, 0.25) is 0 Å². The zero-order valence-electron chi connectivity index (χ0n) is 9.36. The summed E-state index contributed by atoms with van der Waals surface area (Å²) in [6, 6.07) is 14.0. The first-order valence-corrected chi connectivity index (χ1v) is 6.24. The number of rotatable bonds is 1. The van der Waals surface area contributed by atoms with Crippen LogP contribution in [0.5, 0.6) is 0 Å². The van der Waals surface area contributed by atoms with Crippen molar-refractivity contribution in [3.05, 3.63) is 48.0 Å². The number of anilines is 2. The van der Waals surface area contributed by atoms with Gasteiger partial charge in [0.15, 0.2) is 5.78 Å². The number of hydrogen-bond acceptors (Lipinski definition) is 3. The maximum Gasteiger partial charge on any atom is 0.159 e. The molecule has 0 fully saturated rings. The minimum Gasteiger partial charge on any atom is -0.354 e. The van der Waals surface area contributed by atoms with Crippen molar-refractivity contribution in [1.82, 2.24) is 0 Å². The fourth-order valence-corrected chi connectivity index (χ4v) is 2.88. The van der Waals surface area contributed by atoms with Crippen molar-refractivity contribution in [2.75, 3.05) is 5.32 Å². The van der Waals surface area contributed by atoms with Crippen molar-refractivity contribution in [1.29, 1.82) is 0 Å². The second-order valence-electron chi connectivity index (χ2n) is 3.99. The lowest BCUT2D eigenvalue weighted by atomic mass is 10.1. The monoisotopic (exact) mass is 241 g/mol. The molecule has 1 N–H and O–H groups in total. The number of carbonyl (C=O) groups is 1. The van der Waals surface area contributed by atoms with Crippen LogP contribution in [0.4, 0.5) is 11.4 Å². The molecule has 1 aliphatic heterocycles. The smallest absolute Gasteiger partial charge is 0.159 e. The Balaban J connectivity index is 2.06. The molecule has 0 aliphatic carbocycles. The van der Waals surface area contributed by atoms with Gasteiger partial charge < -0.3 is 5.32 Å². The SMILES string of the molecule is CC(=O)c1ccc2c(c1)Sc1ccccc1N2. The van der Waals surface area contributed by atoms with Gasteiger partial charge in [-0.1, -0.05) is 23.9 Å². The molecule has 0 spiro atoms. The second-order valence-corrected chi connectivity index (χ2v) is 5.07. The van der Waals surface area contributed by atoms with Crippen molar-refractivity contribution < 1.29 is 4.79 Å². The van der Waals surface area contributed by atoms with Crippen molar-refractivity contribution in [2.24, 2.45) is 0 Å². The molecule has 1 aliphatic rings. The van der Waals surface area contributed by atoms with Crippen LogP contribution in [0.15, 0.2) is 52.3 Å². The zero-order chi connectivity index (χ0) is 11.8. The van der Waals surface area contributed by atoms with Gasteiger partial charge in [0.1, 0.15) is 0 Å². The Bertz CT molecular complexity index is 607. The van der Waals surface area contributed by atoms with Crippen LogP contribution in [0.1, 0.15) is 17.3 Å². The summed E-state index contributed by atoms with van der Waals surface area (Å²) in [4.78, 5) is 13.6. The average Bonchev–Trinajstić information content (AvgIpc) is 2.35. The molecule has 0 unspecified atom stereocenters. The molecule has 0 bridgehead atoms.